The monoisotopic (exact) mass is 515 g/mol. The second-order valence-corrected chi connectivity index (χ2v) is 10.3. The number of nitrogen functional groups attached to an aromatic ring is 1. The lowest BCUT2D eigenvalue weighted by molar-refractivity contribution is -0.134. The number of ether oxygens (including phenoxy) is 1. The summed E-state index contributed by atoms with van der Waals surface area (Å²) in [6.07, 6.45) is 5.05. The van der Waals surface area contributed by atoms with Crippen LogP contribution in [0.3, 0.4) is 0 Å². The van der Waals surface area contributed by atoms with Crippen molar-refractivity contribution >= 4 is 22.9 Å². The van der Waals surface area contributed by atoms with Crippen LogP contribution in [0.2, 0.25) is 0 Å². The predicted octanol–water partition coefficient (Wildman–Crippen LogP) is 2.89. The summed E-state index contributed by atoms with van der Waals surface area (Å²) in [5, 5.41) is 13.2. The molecule has 2 N–H and O–H groups in total. The average Bonchev–Trinajstić information content (AvgIpc) is 3.59. The molecule has 5 heterocycles. The fourth-order valence-electron chi connectivity index (χ4n) is 5.52. The summed E-state index contributed by atoms with van der Waals surface area (Å²) in [5.74, 6) is 0.648. The zero-order valence-corrected chi connectivity index (χ0v) is 21.8. The van der Waals surface area contributed by atoms with Crippen LogP contribution in [-0.4, -0.2) is 79.8 Å². The first kappa shape index (κ1) is 24.4. The first-order valence-electron chi connectivity index (χ1n) is 13.3. The van der Waals surface area contributed by atoms with E-state index in [2.05, 4.69) is 55.6 Å². The van der Waals surface area contributed by atoms with Gasteiger partial charge in [0.25, 0.3) is 0 Å². The Labute approximate surface area is 221 Å². The van der Waals surface area contributed by atoms with Crippen molar-refractivity contribution in [3.63, 3.8) is 0 Å². The van der Waals surface area contributed by atoms with Gasteiger partial charge in [0, 0.05) is 62.1 Å². The number of benzene rings is 1. The molecule has 2 saturated heterocycles. The van der Waals surface area contributed by atoms with Crippen molar-refractivity contribution < 1.29 is 9.53 Å². The minimum Gasteiger partial charge on any atom is -0.382 e. The predicted molar refractivity (Wildman–Crippen MR) is 145 cm³/mol. The molecule has 0 unspecified atom stereocenters. The highest BCUT2D eigenvalue weighted by molar-refractivity contribution is 5.91. The lowest BCUT2D eigenvalue weighted by Crippen LogP contribution is -2.49. The standard InChI is InChI=1S/C27H33N9O2/c1-18(2)27(37)34-10-8-33(9-11-34)21-5-3-4-19(14-21)23-15-22(25-26(28)29-17-31-36(23)25)24-16-30-32-35(24)20-6-12-38-13-7-20/h3-5,14-18,20H,6-13H2,1-2H3,(H2,28,29,31). The van der Waals surface area contributed by atoms with Crippen molar-refractivity contribution in [2.45, 2.75) is 32.7 Å². The number of hydrogen-bond acceptors (Lipinski definition) is 8. The van der Waals surface area contributed by atoms with Gasteiger partial charge in [-0.25, -0.2) is 14.2 Å². The van der Waals surface area contributed by atoms with Gasteiger partial charge in [-0.3, -0.25) is 4.79 Å². The Morgan fingerprint density at radius 3 is 2.63 bits per heavy atom. The van der Waals surface area contributed by atoms with E-state index in [-0.39, 0.29) is 17.9 Å². The number of piperazine rings is 1. The van der Waals surface area contributed by atoms with Gasteiger partial charge < -0.3 is 20.3 Å². The number of fused-ring (bicyclic) bond motifs is 1. The number of hydrogen-bond donors (Lipinski definition) is 1. The lowest BCUT2D eigenvalue weighted by Gasteiger charge is -2.37. The van der Waals surface area contributed by atoms with Crippen molar-refractivity contribution in [1.29, 1.82) is 0 Å². The molecule has 1 aromatic carbocycles. The molecule has 38 heavy (non-hydrogen) atoms. The van der Waals surface area contributed by atoms with E-state index in [0.717, 1.165) is 72.7 Å². The minimum atomic E-state index is 0.0223. The quantitative estimate of drug-likeness (QED) is 0.431. The summed E-state index contributed by atoms with van der Waals surface area (Å²) in [6.45, 7) is 8.39. The van der Waals surface area contributed by atoms with Gasteiger partial charge in [0.15, 0.2) is 5.82 Å². The van der Waals surface area contributed by atoms with Gasteiger partial charge >= 0.3 is 0 Å². The third-order valence-corrected chi connectivity index (χ3v) is 7.56. The van der Waals surface area contributed by atoms with E-state index >= 15 is 0 Å². The smallest absolute Gasteiger partial charge is 0.225 e. The van der Waals surface area contributed by atoms with E-state index in [4.69, 9.17) is 10.5 Å². The molecular weight excluding hydrogens is 482 g/mol. The zero-order valence-electron chi connectivity index (χ0n) is 21.8. The van der Waals surface area contributed by atoms with Crippen molar-refractivity contribution in [3.05, 3.63) is 42.9 Å². The topological polar surface area (TPSA) is 120 Å². The first-order chi connectivity index (χ1) is 18.5. The van der Waals surface area contributed by atoms with E-state index in [1.807, 2.05) is 27.9 Å². The maximum absolute atomic E-state index is 12.4. The summed E-state index contributed by atoms with van der Waals surface area (Å²) in [6, 6.07) is 10.8. The maximum Gasteiger partial charge on any atom is 0.225 e. The Morgan fingerprint density at radius 1 is 1.08 bits per heavy atom. The molecule has 11 heteroatoms. The number of anilines is 2. The van der Waals surface area contributed by atoms with Gasteiger partial charge in [0.05, 0.1) is 23.6 Å². The van der Waals surface area contributed by atoms with Crippen LogP contribution in [0.1, 0.15) is 32.7 Å². The molecule has 0 bridgehead atoms. The van der Waals surface area contributed by atoms with Gasteiger partial charge in [-0.15, -0.1) is 5.10 Å². The fraction of sp³-hybridized carbons (Fsp3) is 0.444. The molecule has 4 aromatic rings. The molecular formula is C27H33N9O2. The highest BCUT2D eigenvalue weighted by Gasteiger charge is 2.26. The summed E-state index contributed by atoms with van der Waals surface area (Å²) in [5.41, 5.74) is 12.0. The van der Waals surface area contributed by atoms with E-state index < -0.39 is 0 Å². The number of carbonyl (C=O) groups excluding carboxylic acids is 1. The molecule has 2 aliphatic heterocycles. The molecule has 0 aliphatic carbocycles. The van der Waals surface area contributed by atoms with Crippen molar-refractivity contribution in [2.24, 2.45) is 5.92 Å². The van der Waals surface area contributed by atoms with Crippen LogP contribution < -0.4 is 10.6 Å². The first-order valence-corrected chi connectivity index (χ1v) is 13.3. The zero-order chi connectivity index (χ0) is 26.2. The highest BCUT2D eigenvalue weighted by atomic mass is 16.5. The van der Waals surface area contributed by atoms with Crippen LogP contribution in [0.4, 0.5) is 11.5 Å². The molecule has 0 saturated carbocycles. The van der Waals surface area contributed by atoms with Gasteiger partial charge in [0.1, 0.15) is 11.8 Å². The Kier molecular flexibility index (Phi) is 6.44. The van der Waals surface area contributed by atoms with E-state index in [1.165, 1.54) is 6.33 Å². The molecule has 0 spiro atoms. The molecule has 2 fully saturated rings. The van der Waals surface area contributed by atoms with E-state index in [0.29, 0.717) is 19.0 Å². The highest BCUT2D eigenvalue weighted by Crippen LogP contribution is 2.37. The second kappa shape index (κ2) is 10.1. The number of aromatic nitrogens is 6. The SMILES string of the molecule is CC(C)C(=O)N1CCN(c2cccc(-c3cc(-c4cnnn4C4CCOCC4)c4c(N)ncnn34)c2)CC1. The molecule has 3 aromatic heterocycles. The number of amides is 1. The summed E-state index contributed by atoms with van der Waals surface area (Å²) < 4.78 is 9.40. The summed E-state index contributed by atoms with van der Waals surface area (Å²) >= 11 is 0. The van der Waals surface area contributed by atoms with E-state index in [1.54, 1.807) is 6.20 Å². The number of nitrogens with zero attached hydrogens (tertiary/aromatic N) is 8. The van der Waals surface area contributed by atoms with Crippen molar-refractivity contribution in [1.82, 2.24) is 34.5 Å². The molecule has 2 aliphatic rings. The van der Waals surface area contributed by atoms with Crippen molar-refractivity contribution in [2.75, 3.05) is 50.0 Å². The lowest BCUT2D eigenvalue weighted by atomic mass is 10.1. The average molecular weight is 516 g/mol. The maximum atomic E-state index is 12.4. The molecule has 1 amide bonds. The molecule has 0 radical (unpaired) electrons. The van der Waals surface area contributed by atoms with Crippen LogP contribution in [0, 0.1) is 5.92 Å². The van der Waals surface area contributed by atoms with Gasteiger partial charge in [-0.2, -0.15) is 5.10 Å². The number of carbonyl (C=O) groups is 1. The molecule has 6 rings (SSSR count). The Hall–Kier alpha value is -3.99. The third-order valence-electron chi connectivity index (χ3n) is 7.56. The van der Waals surface area contributed by atoms with Gasteiger partial charge in [-0.1, -0.05) is 31.2 Å². The summed E-state index contributed by atoms with van der Waals surface area (Å²) in [7, 11) is 0. The van der Waals surface area contributed by atoms with Crippen LogP contribution in [0.15, 0.2) is 42.9 Å². The number of nitrogens with two attached hydrogens (primary N) is 1. The van der Waals surface area contributed by atoms with Crippen molar-refractivity contribution in [3.8, 4) is 22.5 Å². The third kappa shape index (κ3) is 4.36. The molecule has 198 valence electrons. The van der Waals surface area contributed by atoms with Crippen LogP contribution in [0.5, 0.6) is 0 Å². The molecule has 11 nitrogen and oxygen atoms in total. The minimum absolute atomic E-state index is 0.0223. The number of rotatable bonds is 5. The largest absolute Gasteiger partial charge is 0.382 e. The van der Waals surface area contributed by atoms with Gasteiger partial charge in [0.2, 0.25) is 5.91 Å². The summed E-state index contributed by atoms with van der Waals surface area (Å²) in [4.78, 5) is 21.0. The van der Waals surface area contributed by atoms with Crippen LogP contribution in [-0.2, 0) is 9.53 Å². The van der Waals surface area contributed by atoms with Crippen LogP contribution >= 0.6 is 0 Å². The normalized spacial score (nSPS) is 17.0. The Morgan fingerprint density at radius 2 is 1.87 bits per heavy atom. The van der Waals surface area contributed by atoms with Crippen LogP contribution in [0.25, 0.3) is 28.0 Å². The fourth-order valence-corrected chi connectivity index (χ4v) is 5.52. The Bertz CT molecular complexity index is 1450. The van der Waals surface area contributed by atoms with E-state index in [9.17, 15) is 4.79 Å². The Balaban J connectivity index is 1.35. The second-order valence-electron chi connectivity index (χ2n) is 10.3. The van der Waals surface area contributed by atoms with Gasteiger partial charge in [-0.05, 0) is 31.0 Å². The molecule has 0 atom stereocenters.